The number of hydrogen-bond donors (Lipinski definition) is 0. The topological polar surface area (TPSA) is 67.8 Å². The summed E-state index contributed by atoms with van der Waals surface area (Å²) in [5.74, 6) is 0.826. The van der Waals surface area contributed by atoms with Crippen molar-refractivity contribution < 1.29 is 14.3 Å². The first-order chi connectivity index (χ1) is 11.1. The molecule has 0 aromatic carbocycles. The van der Waals surface area contributed by atoms with Crippen LogP contribution in [0, 0.1) is 6.92 Å². The van der Waals surface area contributed by atoms with Crippen molar-refractivity contribution in [2.45, 2.75) is 26.0 Å². The van der Waals surface area contributed by atoms with E-state index in [1.807, 2.05) is 24.8 Å². The van der Waals surface area contributed by atoms with E-state index in [0.717, 1.165) is 18.1 Å². The largest absolute Gasteiger partial charge is 0.378 e. The van der Waals surface area contributed by atoms with Gasteiger partial charge in [-0.2, -0.15) is 0 Å². The molecule has 0 bridgehead atoms. The van der Waals surface area contributed by atoms with Crippen LogP contribution in [0.15, 0.2) is 12.3 Å². The van der Waals surface area contributed by atoms with Crippen LogP contribution in [-0.2, 0) is 20.8 Å². The highest BCUT2D eigenvalue weighted by Gasteiger charge is 2.42. The molecule has 3 rings (SSSR count). The van der Waals surface area contributed by atoms with Crippen molar-refractivity contribution in [2.75, 3.05) is 46.0 Å². The van der Waals surface area contributed by atoms with Crippen molar-refractivity contribution in [3.8, 4) is 0 Å². The van der Waals surface area contributed by atoms with Crippen LogP contribution in [0.5, 0.6) is 0 Å². The van der Waals surface area contributed by atoms with Crippen LogP contribution in [0.1, 0.15) is 18.4 Å². The normalized spacial score (nSPS) is 26.3. The third-order valence-corrected chi connectivity index (χ3v) is 4.32. The molecule has 0 N–H and O–H groups in total. The predicted octanol–water partition coefficient (Wildman–Crippen LogP) is 0.235. The maximum atomic E-state index is 12.8. The molecule has 0 spiro atoms. The van der Waals surface area contributed by atoms with E-state index in [1.54, 1.807) is 6.20 Å². The Labute approximate surface area is 136 Å². The maximum Gasteiger partial charge on any atom is 0.256 e. The SMILES string of the molecule is Cc1nccc(CN2CCOC(C)(C(=O)N3CCOCC3)C2)n1. The van der Waals surface area contributed by atoms with Crippen LogP contribution in [0.3, 0.4) is 0 Å². The van der Waals surface area contributed by atoms with Crippen molar-refractivity contribution in [3.63, 3.8) is 0 Å². The number of amides is 1. The number of aryl methyl sites for hydroxylation is 1. The lowest BCUT2D eigenvalue weighted by atomic mass is 10.0. The second-order valence-electron chi connectivity index (χ2n) is 6.29. The Morgan fingerprint density at radius 3 is 2.83 bits per heavy atom. The van der Waals surface area contributed by atoms with E-state index in [9.17, 15) is 4.79 Å². The van der Waals surface area contributed by atoms with Gasteiger partial charge in [-0.1, -0.05) is 0 Å². The maximum absolute atomic E-state index is 12.8. The highest BCUT2D eigenvalue weighted by atomic mass is 16.5. The molecule has 7 heteroatoms. The lowest BCUT2D eigenvalue weighted by Gasteiger charge is -2.42. The van der Waals surface area contributed by atoms with Gasteiger partial charge in [-0.15, -0.1) is 0 Å². The van der Waals surface area contributed by atoms with Gasteiger partial charge in [0, 0.05) is 38.9 Å². The third-order valence-electron chi connectivity index (χ3n) is 4.32. The molecule has 0 saturated carbocycles. The molecule has 1 amide bonds. The number of hydrogen-bond acceptors (Lipinski definition) is 6. The van der Waals surface area contributed by atoms with Gasteiger partial charge in [0.1, 0.15) is 5.82 Å². The summed E-state index contributed by atoms with van der Waals surface area (Å²) >= 11 is 0. The van der Waals surface area contributed by atoms with Crippen LogP contribution < -0.4 is 0 Å². The molecular weight excluding hydrogens is 296 g/mol. The van der Waals surface area contributed by atoms with Crippen LogP contribution in [-0.4, -0.2) is 77.3 Å². The van der Waals surface area contributed by atoms with Gasteiger partial charge in [0.05, 0.1) is 25.5 Å². The number of rotatable bonds is 3. The van der Waals surface area contributed by atoms with Crippen LogP contribution in [0.4, 0.5) is 0 Å². The highest BCUT2D eigenvalue weighted by molar-refractivity contribution is 5.85. The van der Waals surface area contributed by atoms with Gasteiger partial charge in [0.2, 0.25) is 0 Å². The Balaban J connectivity index is 1.65. The summed E-state index contributed by atoms with van der Waals surface area (Å²) in [6, 6.07) is 1.92. The van der Waals surface area contributed by atoms with Gasteiger partial charge in [-0.3, -0.25) is 9.69 Å². The summed E-state index contributed by atoms with van der Waals surface area (Å²) in [6.07, 6.45) is 1.77. The second-order valence-corrected chi connectivity index (χ2v) is 6.29. The van der Waals surface area contributed by atoms with Crippen molar-refractivity contribution in [2.24, 2.45) is 0 Å². The number of aromatic nitrogens is 2. The molecule has 2 saturated heterocycles. The fourth-order valence-corrected chi connectivity index (χ4v) is 3.14. The lowest BCUT2D eigenvalue weighted by molar-refractivity contribution is -0.171. The van der Waals surface area contributed by atoms with Gasteiger partial charge < -0.3 is 14.4 Å². The fourth-order valence-electron chi connectivity index (χ4n) is 3.14. The van der Waals surface area contributed by atoms with E-state index >= 15 is 0 Å². The number of carbonyl (C=O) groups is 1. The molecular formula is C16H24N4O3. The Morgan fingerprint density at radius 2 is 2.09 bits per heavy atom. The Kier molecular flexibility index (Phi) is 4.89. The number of carbonyl (C=O) groups excluding carboxylic acids is 1. The minimum absolute atomic E-state index is 0.0596. The van der Waals surface area contributed by atoms with Crippen molar-refractivity contribution in [1.29, 1.82) is 0 Å². The molecule has 7 nitrogen and oxygen atoms in total. The lowest BCUT2D eigenvalue weighted by Crippen LogP contribution is -2.60. The zero-order valence-corrected chi connectivity index (χ0v) is 13.8. The van der Waals surface area contributed by atoms with Gasteiger partial charge in [-0.05, 0) is 19.9 Å². The highest BCUT2D eigenvalue weighted by Crippen LogP contribution is 2.22. The van der Waals surface area contributed by atoms with E-state index < -0.39 is 5.60 Å². The van der Waals surface area contributed by atoms with E-state index in [0.29, 0.717) is 46.0 Å². The minimum Gasteiger partial charge on any atom is -0.378 e. The zero-order valence-electron chi connectivity index (χ0n) is 13.8. The molecule has 1 atom stereocenters. The quantitative estimate of drug-likeness (QED) is 0.794. The number of ether oxygens (including phenoxy) is 2. The Morgan fingerprint density at radius 1 is 1.30 bits per heavy atom. The molecule has 0 radical (unpaired) electrons. The smallest absolute Gasteiger partial charge is 0.256 e. The van der Waals surface area contributed by atoms with Crippen LogP contribution in [0.2, 0.25) is 0 Å². The van der Waals surface area contributed by atoms with Gasteiger partial charge in [0.15, 0.2) is 5.60 Å². The predicted molar refractivity (Wildman–Crippen MR) is 83.8 cm³/mol. The van der Waals surface area contributed by atoms with E-state index in [-0.39, 0.29) is 5.91 Å². The molecule has 2 aliphatic rings. The van der Waals surface area contributed by atoms with E-state index in [1.165, 1.54) is 0 Å². The fraction of sp³-hybridized carbons (Fsp3) is 0.688. The van der Waals surface area contributed by atoms with Crippen LogP contribution >= 0.6 is 0 Å². The van der Waals surface area contributed by atoms with Crippen molar-refractivity contribution >= 4 is 5.91 Å². The molecule has 1 aromatic rings. The van der Waals surface area contributed by atoms with Crippen LogP contribution in [0.25, 0.3) is 0 Å². The average molecular weight is 320 g/mol. The zero-order chi connectivity index (χ0) is 16.3. The summed E-state index contributed by atoms with van der Waals surface area (Å²) < 4.78 is 11.2. The molecule has 126 valence electrons. The molecule has 1 aromatic heterocycles. The summed E-state index contributed by atoms with van der Waals surface area (Å²) in [5, 5.41) is 0. The van der Waals surface area contributed by atoms with Gasteiger partial charge in [-0.25, -0.2) is 9.97 Å². The van der Waals surface area contributed by atoms with E-state index in [4.69, 9.17) is 9.47 Å². The average Bonchev–Trinajstić information content (AvgIpc) is 2.55. The Hall–Kier alpha value is -1.57. The molecule has 2 aliphatic heterocycles. The second kappa shape index (κ2) is 6.90. The first-order valence-electron chi connectivity index (χ1n) is 8.09. The third kappa shape index (κ3) is 3.85. The molecule has 23 heavy (non-hydrogen) atoms. The molecule has 2 fully saturated rings. The standard InChI is InChI=1S/C16H24N4O3/c1-13-17-4-3-14(18-13)11-19-5-10-23-16(2,12-19)15(21)20-6-8-22-9-7-20/h3-4H,5-12H2,1-2H3. The molecule has 1 unspecified atom stereocenters. The summed E-state index contributed by atoms with van der Waals surface area (Å²) in [4.78, 5) is 25.5. The molecule has 3 heterocycles. The Bertz CT molecular complexity index is 562. The summed E-state index contributed by atoms with van der Waals surface area (Å²) in [5.41, 5.74) is 0.179. The van der Waals surface area contributed by atoms with Gasteiger partial charge in [0.25, 0.3) is 5.91 Å². The van der Waals surface area contributed by atoms with Crippen molar-refractivity contribution in [1.82, 2.24) is 19.8 Å². The first-order valence-corrected chi connectivity index (χ1v) is 8.09. The number of morpholine rings is 2. The van der Waals surface area contributed by atoms with Gasteiger partial charge >= 0.3 is 0 Å². The van der Waals surface area contributed by atoms with Crippen molar-refractivity contribution in [3.05, 3.63) is 23.8 Å². The molecule has 0 aliphatic carbocycles. The number of nitrogens with zero attached hydrogens (tertiary/aromatic N) is 4. The summed E-state index contributed by atoms with van der Waals surface area (Å²) in [7, 11) is 0. The van der Waals surface area contributed by atoms with E-state index in [2.05, 4.69) is 14.9 Å². The first kappa shape index (κ1) is 16.3. The summed E-state index contributed by atoms with van der Waals surface area (Å²) in [6.45, 7) is 8.90. The monoisotopic (exact) mass is 320 g/mol. The minimum atomic E-state index is -0.794.